The smallest absolute Gasteiger partial charge is 0.231 e. The van der Waals surface area contributed by atoms with Crippen LogP contribution < -0.4 is 5.32 Å². The second-order valence-electron chi connectivity index (χ2n) is 7.43. The summed E-state index contributed by atoms with van der Waals surface area (Å²) in [5.41, 5.74) is 4.01. The molecular weight excluding hydrogens is 412 g/mol. The molecule has 2 heterocycles. The predicted octanol–water partition coefficient (Wildman–Crippen LogP) is 5.44. The molecule has 0 radical (unpaired) electrons. The molecule has 7 heteroatoms. The van der Waals surface area contributed by atoms with Crippen molar-refractivity contribution in [1.82, 2.24) is 14.9 Å². The minimum absolute atomic E-state index is 0.0454. The molecule has 0 fully saturated rings. The summed E-state index contributed by atoms with van der Waals surface area (Å²) in [5, 5.41) is 6.90. The maximum absolute atomic E-state index is 12.3. The molecule has 0 saturated carbocycles. The first-order valence-corrected chi connectivity index (χ1v) is 11.5. The highest BCUT2D eigenvalue weighted by Crippen LogP contribution is 2.29. The molecule has 4 rings (SSSR count). The number of benzene rings is 2. The third-order valence-electron chi connectivity index (χ3n) is 4.99. The van der Waals surface area contributed by atoms with Crippen LogP contribution in [-0.2, 0) is 17.8 Å². The van der Waals surface area contributed by atoms with Crippen LogP contribution >= 0.6 is 22.7 Å². The predicted molar refractivity (Wildman–Crippen MR) is 125 cm³/mol. The molecule has 0 bridgehead atoms. The number of nitrogens with zero attached hydrogens (tertiary/aromatic N) is 3. The minimum atomic E-state index is -0.0454. The normalized spacial score (nSPS) is 12.4. The van der Waals surface area contributed by atoms with Crippen LogP contribution in [0.25, 0.3) is 10.2 Å². The number of amides is 1. The Bertz CT molecular complexity index is 1120. The van der Waals surface area contributed by atoms with Crippen molar-refractivity contribution in [1.29, 1.82) is 0 Å². The van der Waals surface area contributed by atoms with Gasteiger partial charge in [0.25, 0.3) is 0 Å². The van der Waals surface area contributed by atoms with Crippen LogP contribution in [0.5, 0.6) is 0 Å². The summed E-state index contributed by atoms with van der Waals surface area (Å²) in [4.78, 5) is 24.0. The molecule has 1 N–H and O–H groups in total. The largest absolute Gasteiger partial charge is 0.326 e. The molecule has 2 aromatic carbocycles. The number of rotatable bonds is 7. The zero-order valence-electron chi connectivity index (χ0n) is 17.3. The summed E-state index contributed by atoms with van der Waals surface area (Å²) in [5.74, 6) is -0.0454. The standard InChI is InChI=1S/C23H24N4OS2/c1-15-8-10-17(11-9-15)24-21(28)12-22-25-18(14-29-22)13-27(3)16(2)23-26-19-6-4-5-7-20(19)30-23/h4-11,14,16H,12-13H2,1-3H3,(H,24,28). The average Bonchev–Trinajstić information content (AvgIpc) is 3.35. The van der Waals surface area contributed by atoms with Gasteiger partial charge in [-0.2, -0.15) is 0 Å². The number of aromatic nitrogens is 2. The number of thiazole rings is 2. The van der Waals surface area contributed by atoms with Gasteiger partial charge in [0, 0.05) is 17.6 Å². The van der Waals surface area contributed by atoms with E-state index in [1.54, 1.807) is 11.3 Å². The van der Waals surface area contributed by atoms with Gasteiger partial charge in [0.1, 0.15) is 10.0 Å². The van der Waals surface area contributed by atoms with Crippen molar-refractivity contribution < 1.29 is 4.79 Å². The molecule has 0 aliphatic rings. The first-order chi connectivity index (χ1) is 14.5. The van der Waals surface area contributed by atoms with E-state index in [-0.39, 0.29) is 18.4 Å². The zero-order valence-corrected chi connectivity index (χ0v) is 18.9. The summed E-state index contributed by atoms with van der Waals surface area (Å²) < 4.78 is 1.21. The quantitative estimate of drug-likeness (QED) is 0.419. The van der Waals surface area contributed by atoms with E-state index in [0.717, 1.165) is 26.9 Å². The molecule has 30 heavy (non-hydrogen) atoms. The zero-order chi connectivity index (χ0) is 21.1. The highest BCUT2D eigenvalue weighted by molar-refractivity contribution is 7.18. The van der Waals surface area contributed by atoms with Crippen molar-refractivity contribution in [2.45, 2.75) is 32.9 Å². The number of nitrogens with one attached hydrogen (secondary N) is 1. The van der Waals surface area contributed by atoms with Crippen LogP contribution in [0.1, 0.15) is 34.2 Å². The maximum Gasteiger partial charge on any atom is 0.231 e. The first kappa shape index (κ1) is 20.7. The lowest BCUT2D eigenvalue weighted by Gasteiger charge is -2.21. The van der Waals surface area contributed by atoms with E-state index in [2.05, 4.69) is 41.3 Å². The fourth-order valence-corrected chi connectivity index (χ4v) is 5.00. The Morgan fingerprint density at radius 1 is 1.13 bits per heavy atom. The maximum atomic E-state index is 12.3. The van der Waals surface area contributed by atoms with Gasteiger partial charge in [-0.3, -0.25) is 9.69 Å². The molecule has 0 aliphatic heterocycles. The van der Waals surface area contributed by atoms with Gasteiger partial charge in [0.15, 0.2) is 0 Å². The molecule has 0 aliphatic carbocycles. The average molecular weight is 437 g/mol. The third kappa shape index (κ3) is 4.92. The summed E-state index contributed by atoms with van der Waals surface area (Å²) in [6, 6.07) is 16.2. The summed E-state index contributed by atoms with van der Waals surface area (Å²) >= 11 is 3.27. The molecule has 0 spiro atoms. The van der Waals surface area contributed by atoms with Crippen LogP contribution in [-0.4, -0.2) is 27.8 Å². The highest BCUT2D eigenvalue weighted by atomic mass is 32.1. The number of aryl methyl sites for hydroxylation is 1. The Balaban J connectivity index is 1.35. The Morgan fingerprint density at radius 3 is 2.67 bits per heavy atom. The van der Waals surface area contributed by atoms with Gasteiger partial charge in [0.2, 0.25) is 5.91 Å². The molecule has 1 atom stereocenters. The van der Waals surface area contributed by atoms with Crippen molar-refractivity contribution >= 4 is 44.5 Å². The van der Waals surface area contributed by atoms with Gasteiger partial charge < -0.3 is 5.32 Å². The number of hydrogen-bond donors (Lipinski definition) is 1. The second-order valence-corrected chi connectivity index (χ2v) is 9.44. The minimum Gasteiger partial charge on any atom is -0.326 e. The number of fused-ring (bicyclic) bond motifs is 1. The third-order valence-corrected chi connectivity index (χ3v) is 7.09. The van der Waals surface area contributed by atoms with E-state index in [1.165, 1.54) is 21.6 Å². The van der Waals surface area contributed by atoms with Gasteiger partial charge in [-0.15, -0.1) is 22.7 Å². The van der Waals surface area contributed by atoms with Crippen LogP contribution in [0.15, 0.2) is 53.9 Å². The van der Waals surface area contributed by atoms with Crippen LogP contribution in [0.2, 0.25) is 0 Å². The SMILES string of the molecule is Cc1ccc(NC(=O)Cc2nc(CN(C)C(C)c3nc4ccccc4s3)cs2)cc1. The molecule has 1 amide bonds. The number of hydrogen-bond acceptors (Lipinski definition) is 6. The second kappa shape index (κ2) is 9.04. The topological polar surface area (TPSA) is 58.1 Å². The van der Waals surface area contributed by atoms with E-state index in [9.17, 15) is 4.79 Å². The lowest BCUT2D eigenvalue weighted by atomic mass is 10.2. The monoisotopic (exact) mass is 436 g/mol. The van der Waals surface area contributed by atoms with Gasteiger partial charge in [0.05, 0.1) is 28.4 Å². The number of para-hydroxylation sites is 1. The summed E-state index contributed by atoms with van der Waals surface area (Å²) in [6.07, 6.45) is 0.287. The van der Waals surface area contributed by atoms with E-state index in [1.807, 2.05) is 48.7 Å². The van der Waals surface area contributed by atoms with E-state index >= 15 is 0 Å². The fraction of sp³-hybridized carbons (Fsp3) is 0.261. The van der Waals surface area contributed by atoms with E-state index < -0.39 is 0 Å². The van der Waals surface area contributed by atoms with Crippen molar-refractivity contribution in [2.24, 2.45) is 0 Å². The Hall–Kier alpha value is -2.61. The van der Waals surface area contributed by atoms with Crippen LogP contribution in [0.4, 0.5) is 5.69 Å². The molecular formula is C23H24N4OS2. The van der Waals surface area contributed by atoms with Crippen LogP contribution in [0, 0.1) is 6.92 Å². The van der Waals surface area contributed by atoms with Crippen molar-refractivity contribution in [3.8, 4) is 0 Å². The van der Waals surface area contributed by atoms with Gasteiger partial charge in [-0.25, -0.2) is 9.97 Å². The molecule has 2 aromatic heterocycles. The van der Waals surface area contributed by atoms with Crippen molar-refractivity contribution in [3.63, 3.8) is 0 Å². The lowest BCUT2D eigenvalue weighted by Crippen LogP contribution is -2.22. The number of anilines is 1. The first-order valence-electron chi connectivity index (χ1n) is 9.83. The molecule has 4 aromatic rings. The van der Waals surface area contributed by atoms with Gasteiger partial charge in [-0.1, -0.05) is 29.8 Å². The lowest BCUT2D eigenvalue weighted by molar-refractivity contribution is -0.115. The van der Waals surface area contributed by atoms with Crippen LogP contribution in [0.3, 0.4) is 0 Å². The fourth-order valence-electron chi connectivity index (χ4n) is 3.13. The van der Waals surface area contributed by atoms with E-state index in [0.29, 0.717) is 6.54 Å². The molecule has 0 saturated heterocycles. The summed E-state index contributed by atoms with van der Waals surface area (Å²) in [7, 11) is 2.08. The van der Waals surface area contributed by atoms with Crippen molar-refractivity contribution in [2.75, 3.05) is 12.4 Å². The van der Waals surface area contributed by atoms with Gasteiger partial charge >= 0.3 is 0 Å². The summed E-state index contributed by atoms with van der Waals surface area (Å²) in [6.45, 7) is 4.91. The number of carbonyl (C=O) groups excluding carboxylic acids is 1. The Kier molecular flexibility index (Phi) is 6.22. The highest BCUT2D eigenvalue weighted by Gasteiger charge is 2.18. The molecule has 154 valence electrons. The Morgan fingerprint density at radius 2 is 1.90 bits per heavy atom. The Labute approximate surface area is 184 Å². The molecule has 5 nitrogen and oxygen atoms in total. The number of carbonyl (C=O) groups is 1. The van der Waals surface area contributed by atoms with Crippen molar-refractivity contribution in [3.05, 3.63) is 75.2 Å². The van der Waals surface area contributed by atoms with E-state index in [4.69, 9.17) is 4.98 Å². The molecule has 1 unspecified atom stereocenters. The van der Waals surface area contributed by atoms with Gasteiger partial charge in [-0.05, 0) is 45.2 Å².